The summed E-state index contributed by atoms with van der Waals surface area (Å²) in [6.45, 7) is 0.184. The zero-order valence-electron chi connectivity index (χ0n) is 13.6. The van der Waals surface area contributed by atoms with Gasteiger partial charge in [-0.15, -0.1) is 6.42 Å². The Labute approximate surface area is 179 Å². The molecule has 0 aromatic heterocycles. The van der Waals surface area contributed by atoms with E-state index in [0.717, 1.165) is 10.0 Å². The molecule has 0 bridgehead atoms. The number of thioether (sulfide) groups is 1. The number of nitrogens with one attached hydrogen (secondary N) is 1. The van der Waals surface area contributed by atoms with Gasteiger partial charge < -0.3 is 10.1 Å². The summed E-state index contributed by atoms with van der Waals surface area (Å²) in [5.41, 5.74) is 1.32. The predicted octanol–water partition coefficient (Wildman–Crippen LogP) is 5.66. The summed E-state index contributed by atoms with van der Waals surface area (Å²) >= 11 is 16.8. The maximum absolute atomic E-state index is 12.2. The minimum Gasteiger partial charge on any atom is -0.480 e. The summed E-state index contributed by atoms with van der Waals surface area (Å²) in [6, 6.07) is 10.6. The highest BCUT2D eigenvalue weighted by molar-refractivity contribution is 9.10. The molecule has 0 atom stereocenters. The van der Waals surface area contributed by atoms with Crippen molar-refractivity contribution in [1.82, 2.24) is 5.32 Å². The van der Waals surface area contributed by atoms with E-state index in [2.05, 4.69) is 32.2 Å². The fourth-order valence-corrected chi connectivity index (χ4v) is 3.85. The Bertz CT molecular complexity index is 1020. The number of terminal acetylenes is 1. The van der Waals surface area contributed by atoms with Gasteiger partial charge in [-0.1, -0.05) is 41.3 Å². The minimum absolute atomic E-state index is 0.184. The van der Waals surface area contributed by atoms with Crippen LogP contribution in [-0.4, -0.2) is 17.7 Å². The lowest BCUT2D eigenvalue weighted by Crippen LogP contribution is -2.19. The molecular formula is C19H11BrCl2N2O2S. The number of halogens is 3. The molecule has 3 rings (SSSR count). The number of hydrogen-bond acceptors (Lipinski definition) is 4. The number of amides is 1. The lowest BCUT2D eigenvalue weighted by Gasteiger charge is -2.05. The normalized spacial score (nSPS) is 16.4. The van der Waals surface area contributed by atoms with Gasteiger partial charge in [-0.3, -0.25) is 4.79 Å². The number of nitrogens with zero attached hydrogens (tertiary/aromatic N) is 1. The summed E-state index contributed by atoms with van der Waals surface area (Å²) < 4.78 is 6.15. The van der Waals surface area contributed by atoms with Crippen molar-refractivity contribution in [3.05, 3.63) is 61.4 Å². The van der Waals surface area contributed by atoms with Gasteiger partial charge in [0.25, 0.3) is 5.91 Å². The number of ether oxygens (including phenoxy) is 1. The Kier molecular flexibility index (Phi) is 6.51. The summed E-state index contributed by atoms with van der Waals surface area (Å²) in [5.74, 6) is 2.81. The molecule has 1 heterocycles. The Morgan fingerprint density at radius 2 is 2.15 bits per heavy atom. The van der Waals surface area contributed by atoms with Gasteiger partial charge in [0.2, 0.25) is 0 Å². The Morgan fingerprint density at radius 3 is 2.89 bits per heavy atom. The molecule has 1 fully saturated rings. The third-order valence-corrected chi connectivity index (χ3v) is 5.71. The fourth-order valence-electron chi connectivity index (χ4n) is 2.16. The van der Waals surface area contributed by atoms with Gasteiger partial charge in [0, 0.05) is 0 Å². The zero-order valence-corrected chi connectivity index (χ0v) is 17.5. The van der Waals surface area contributed by atoms with Gasteiger partial charge in [0.1, 0.15) is 12.4 Å². The highest BCUT2D eigenvalue weighted by atomic mass is 79.9. The highest BCUT2D eigenvalue weighted by Gasteiger charge is 2.24. The van der Waals surface area contributed by atoms with E-state index in [1.165, 1.54) is 11.8 Å². The maximum atomic E-state index is 12.2. The van der Waals surface area contributed by atoms with E-state index in [4.69, 9.17) is 34.4 Å². The van der Waals surface area contributed by atoms with Crippen LogP contribution >= 0.6 is 50.9 Å². The summed E-state index contributed by atoms with van der Waals surface area (Å²) in [7, 11) is 0. The molecule has 8 heteroatoms. The second kappa shape index (κ2) is 8.85. The third-order valence-electron chi connectivity index (χ3n) is 3.37. The fraction of sp³-hybridized carbons (Fsp3) is 0.0526. The van der Waals surface area contributed by atoms with Crippen molar-refractivity contribution in [1.29, 1.82) is 0 Å². The van der Waals surface area contributed by atoms with Crippen LogP contribution in [0.3, 0.4) is 0 Å². The number of hydrogen-bond donors (Lipinski definition) is 1. The van der Waals surface area contributed by atoms with E-state index < -0.39 is 0 Å². The summed E-state index contributed by atoms with van der Waals surface area (Å²) in [4.78, 5) is 17.1. The second-order valence-corrected chi connectivity index (χ2v) is 7.91. The molecule has 2 aromatic rings. The molecule has 1 amide bonds. The minimum atomic E-state index is -0.235. The SMILES string of the molecule is C#CCOc1ccc(/C=C2\SC(=Nc3cccc(Cl)c3Cl)NC2=O)cc1Br. The van der Waals surface area contributed by atoms with Crippen molar-refractivity contribution in [2.45, 2.75) is 0 Å². The smallest absolute Gasteiger partial charge is 0.264 e. The van der Waals surface area contributed by atoms with Gasteiger partial charge >= 0.3 is 0 Å². The van der Waals surface area contributed by atoms with E-state index in [-0.39, 0.29) is 12.5 Å². The molecule has 0 spiro atoms. The van der Waals surface area contributed by atoms with E-state index in [1.807, 2.05) is 12.1 Å². The number of aliphatic imine (C=N–C) groups is 1. The first-order valence-electron chi connectivity index (χ1n) is 7.57. The van der Waals surface area contributed by atoms with Crippen molar-refractivity contribution >= 4 is 73.7 Å². The number of amidine groups is 1. The van der Waals surface area contributed by atoms with Crippen LogP contribution < -0.4 is 10.1 Å². The molecule has 0 radical (unpaired) electrons. The monoisotopic (exact) mass is 480 g/mol. The third kappa shape index (κ3) is 4.88. The Balaban J connectivity index is 1.81. The van der Waals surface area contributed by atoms with Crippen LogP contribution in [0.1, 0.15) is 5.56 Å². The molecule has 27 heavy (non-hydrogen) atoms. The molecule has 0 aliphatic carbocycles. The Hall–Kier alpha value is -1.91. The average molecular weight is 482 g/mol. The Morgan fingerprint density at radius 1 is 1.33 bits per heavy atom. The molecule has 0 unspecified atom stereocenters. The standard InChI is InChI=1S/C19H11BrCl2N2O2S/c1-2-8-26-15-7-6-11(9-12(15)20)10-16-18(25)24-19(27-16)23-14-5-3-4-13(21)17(14)22/h1,3-7,9-10H,8H2,(H,23,24,25)/b16-10-. The molecular weight excluding hydrogens is 471 g/mol. The summed E-state index contributed by atoms with van der Waals surface area (Å²) in [5, 5.41) is 3.89. The molecule has 1 saturated heterocycles. The van der Waals surface area contributed by atoms with Crippen LogP contribution in [0.25, 0.3) is 6.08 Å². The molecule has 1 N–H and O–H groups in total. The molecule has 2 aromatic carbocycles. The zero-order chi connectivity index (χ0) is 19.4. The number of benzene rings is 2. The first-order chi connectivity index (χ1) is 13.0. The first kappa shape index (κ1) is 19.8. The van der Waals surface area contributed by atoms with E-state index in [1.54, 1.807) is 30.3 Å². The number of carbonyl (C=O) groups is 1. The van der Waals surface area contributed by atoms with Crippen LogP contribution in [-0.2, 0) is 4.79 Å². The molecule has 1 aliphatic rings. The van der Waals surface area contributed by atoms with Crippen molar-refractivity contribution in [3.8, 4) is 18.1 Å². The van der Waals surface area contributed by atoms with Gasteiger partial charge in [-0.2, -0.15) is 0 Å². The topological polar surface area (TPSA) is 50.7 Å². The average Bonchev–Trinajstić information content (AvgIpc) is 2.97. The van der Waals surface area contributed by atoms with Gasteiger partial charge in [-0.25, -0.2) is 4.99 Å². The molecule has 1 aliphatic heterocycles. The number of rotatable bonds is 4. The van der Waals surface area contributed by atoms with Crippen molar-refractivity contribution in [3.63, 3.8) is 0 Å². The van der Waals surface area contributed by atoms with Crippen LogP contribution in [0.4, 0.5) is 5.69 Å². The molecule has 4 nitrogen and oxygen atoms in total. The van der Waals surface area contributed by atoms with Crippen LogP contribution in [0.15, 0.2) is 50.8 Å². The summed E-state index contributed by atoms with van der Waals surface area (Å²) in [6.07, 6.45) is 6.95. The van der Waals surface area contributed by atoms with Crippen molar-refractivity contribution in [2.24, 2.45) is 4.99 Å². The van der Waals surface area contributed by atoms with Crippen LogP contribution in [0, 0.1) is 12.3 Å². The van der Waals surface area contributed by atoms with Crippen LogP contribution in [0.5, 0.6) is 5.75 Å². The van der Waals surface area contributed by atoms with E-state index >= 15 is 0 Å². The maximum Gasteiger partial charge on any atom is 0.264 e. The number of carbonyl (C=O) groups excluding carboxylic acids is 1. The van der Waals surface area contributed by atoms with Crippen LogP contribution in [0.2, 0.25) is 10.0 Å². The van der Waals surface area contributed by atoms with Gasteiger partial charge in [-0.05, 0) is 63.6 Å². The molecule has 0 saturated carbocycles. The lowest BCUT2D eigenvalue weighted by molar-refractivity contribution is -0.115. The highest BCUT2D eigenvalue weighted by Crippen LogP contribution is 2.35. The van der Waals surface area contributed by atoms with Crippen molar-refractivity contribution < 1.29 is 9.53 Å². The largest absolute Gasteiger partial charge is 0.480 e. The lowest BCUT2D eigenvalue weighted by atomic mass is 10.2. The van der Waals surface area contributed by atoms with E-state index in [9.17, 15) is 4.79 Å². The quantitative estimate of drug-likeness (QED) is 0.452. The van der Waals surface area contributed by atoms with Crippen molar-refractivity contribution in [2.75, 3.05) is 6.61 Å². The first-order valence-corrected chi connectivity index (χ1v) is 9.94. The van der Waals surface area contributed by atoms with E-state index in [0.29, 0.717) is 31.6 Å². The second-order valence-electron chi connectivity index (χ2n) is 5.24. The van der Waals surface area contributed by atoms with Gasteiger partial charge in [0.05, 0.1) is 25.1 Å². The molecule has 136 valence electrons. The predicted molar refractivity (Wildman–Crippen MR) is 116 cm³/mol. The van der Waals surface area contributed by atoms with Gasteiger partial charge in [0.15, 0.2) is 5.17 Å².